The zero-order chi connectivity index (χ0) is 10.0. The molecule has 1 aromatic carbocycles. The van der Waals surface area contributed by atoms with Crippen molar-refractivity contribution in [3.05, 3.63) is 35.1 Å². The van der Waals surface area contributed by atoms with Crippen LogP contribution in [0, 0.1) is 5.82 Å². The fourth-order valence-electron chi connectivity index (χ4n) is 1.00. The van der Waals surface area contributed by atoms with Crippen molar-refractivity contribution < 1.29 is 13.2 Å². The molecule has 0 bridgehead atoms. The van der Waals surface area contributed by atoms with Gasteiger partial charge in [0.05, 0.1) is 5.56 Å². The molecule has 80 valence electrons. The fraction of sp³-hybridized carbons (Fsp3) is 0.333. The molecular weight excluding hydrogens is 215 g/mol. The van der Waals surface area contributed by atoms with Crippen LogP contribution in [0.2, 0.25) is 0 Å². The van der Waals surface area contributed by atoms with Crippen LogP contribution in [0.15, 0.2) is 18.2 Å². The lowest BCUT2D eigenvalue weighted by atomic mass is 10.1. The highest BCUT2D eigenvalue weighted by Crippen LogP contribution is 2.23. The quantitative estimate of drug-likeness (QED) is 0.822. The normalized spacial score (nSPS) is 12.4. The van der Waals surface area contributed by atoms with E-state index in [0.717, 1.165) is 12.1 Å². The highest BCUT2D eigenvalue weighted by atomic mass is 35.5. The molecule has 0 amide bonds. The maximum absolute atomic E-state index is 12.9. The molecule has 1 aromatic rings. The highest BCUT2D eigenvalue weighted by Gasteiger charge is 2.13. The van der Waals surface area contributed by atoms with Crippen LogP contribution in [0.4, 0.5) is 13.2 Å². The van der Waals surface area contributed by atoms with Crippen LogP contribution >= 0.6 is 12.4 Å². The Kier molecular flexibility index (Phi) is 4.94. The molecule has 1 unspecified atom stereocenters. The third-order valence-electron chi connectivity index (χ3n) is 1.79. The van der Waals surface area contributed by atoms with E-state index in [9.17, 15) is 13.2 Å². The van der Waals surface area contributed by atoms with E-state index in [4.69, 9.17) is 5.73 Å². The van der Waals surface area contributed by atoms with Crippen molar-refractivity contribution in [3.8, 4) is 0 Å². The minimum absolute atomic E-state index is 0. The van der Waals surface area contributed by atoms with E-state index in [0.29, 0.717) is 5.56 Å². The molecule has 0 saturated carbocycles. The molecule has 1 nitrogen and oxygen atoms in total. The average Bonchev–Trinajstić information content (AvgIpc) is 2.03. The molecule has 1 atom stereocenters. The molecule has 2 N–H and O–H groups in total. The number of nitrogens with two attached hydrogens (primary N) is 1. The Morgan fingerprint density at radius 1 is 1.29 bits per heavy atom. The van der Waals surface area contributed by atoms with Gasteiger partial charge >= 0.3 is 0 Å². The van der Waals surface area contributed by atoms with Crippen LogP contribution in [-0.2, 0) is 0 Å². The largest absolute Gasteiger partial charge is 0.324 e. The first kappa shape index (κ1) is 13.3. The van der Waals surface area contributed by atoms with Crippen molar-refractivity contribution in [2.75, 3.05) is 0 Å². The van der Waals surface area contributed by atoms with Crippen molar-refractivity contribution in [2.45, 2.75) is 19.4 Å². The Morgan fingerprint density at radius 2 is 1.86 bits per heavy atom. The first-order valence-corrected chi connectivity index (χ1v) is 3.85. The molecule has 0 saturated heterocycles. The first-order chi connectivity index (χ1) is 6.02. The SMILES string of the molecule is CC(N)c1ccc(C(F)F)c(F)c1.Cl. The van der Waals surface area contributed by atoms with Gasteiger partial charge in [0.1, 0.15) is 5.82 Å². The lowest BCUT2D eigenvalue weighted by Gasteiger charge is -2.07. The summed E-state index contributed by atoms with van der Waals surface area (Å²) in [6, 6.07) is 3.18. The molecule has 0 spiro atoms. The van der Waals surface area contributed by atoms with Crippen LogP contribution in [0.25, 0.3) is 0 Å². The second-order valence-corrected chi connectivity index (χ2v) is 2.87. The molecule has 0 fully saturated rings. The third-order valence-corrected chi connectivity index (χ3v) is 1.79. The maximum Gasteiger partial charge on any atom is 0.266 e. The predicted octanol–water partition coefficient (Wildman–Crippen LogP) is 3.20. The summed E-state index contributed by atoms with van der Waals surface area (Å²) in [4.78, 5) is 0. The lowest BCUT2D eigenvalue weighted by Crippen LogP contribution is -2.06. The monoisotopic (exact) mass is 225 g/mol. The fourth-order valence-corrected chi connectivity index (χ4v) is 1.00. The molecule has 0 heterocycles. The van der Waals surface area contributed by atoms with E-state index in [1.165, 1.54) is 6.07 Å². The standard InChI is InChI=1S/C9H10F3N.ClH/c1-5(13)6-2-3-7(9(11)12)8(10)4-6;/h2-5,9H,13H2,1H3;1H. The van der Waals surface area contributed by atoms with Gasteiger partial charge in [-0.2, -0.15) is 0 Å². The molecule has 0 aliphatic rings. The number of benzene rings is 1. The Hall–Kier alpha value is -0.740. The van der Waals surface area contributed by atoms with Gasteiger partial charge in [0, 0.05) is 6.04 Å². The van der Waals surface area contributed by atoms with Gasteiger partial charge in [-0.1, -0.05) is 12.1 Å². The Balaban J connectivity index is 0.00000169. The van der Waals surface area contributed by atoms with Gasteiger partial charge in [-0.3, -0.25) is 0 Å². The summed E-state index contributed by atoms with van der Waals surface area (Å²) in [6.45, 7) is 1.66. The summed E-state index contributed by atoms with van der Waals surface area (Å²) in [5.41, 5.74) is 5.39. The summed E-state index contributed by atoms with van der Waals surface area (Å²) >= 11 is 0. The Labute approximate surface area is 86.5 Å². The molecule has 0 aliphatic heterocycles. The minimum Gasteiger partial charge on any atom is -0.324 e. The van der Waals surface area contributed by atoms with Crippen molar-refractivity contribution in [3.63, 3.8) is 0 Å². The van der Waals surface area contributed by atoms with E-state index < -0.39 is 17.8 Å². The van der Waals surface area contributed by atoms with Crippen molar-refractivity contribution in [1.82, 2.24) is 0 Å². The van der Waals surface area contributed by atoms with Gasteiger partial charge in [0.15, 0.2) is 0 Å². The van der Waals surface area contributed by atoms with Crippen LogP contribution < -0.4 is 5.73 Å². The number of alkyl halides is 2. The van der Waals surface area contributed by atoms with Gasteiger partial charge < -0.3 is 5.73 Å². The van der Waals surface area contributed by atoms with E-state index in [2.05, 4.69) is 0 Å². The molecule has 5 heteroatoms. The van der Waals surface area contributed by atoms with Gasteiger partial charge in [-0.25, -0.2) is 13.2 Å². The molecular formula is C9H11ClF3N. The van der Waals surface area contributed by atoms with Gasteiger partial charge in [0.25, 0.3) is 6.43 Å². The van der Waals surface area contributed by atoms with E-state index in [1.807, 2.05) is 0 Å². The maximum atomic E-state index is 12.9. The summed E-state index contributed by atoms with van der Waals surface area (Å²) in [7, 11) is 0. The number of hydrogen-bond donors (Lipinski definition) is 1. The topological polar surface area (TPSA) is 26.0 Å². The van der Waals surface area contributed by atoms with Crippen LogP contribution in [0.1, 0.15) is 30.5 Å². The molecule has 0 aliphatic carbocycles. The zero-order valence-corrected chi connectivity index (χ0v) is 8.32. The Bertz CT molecular complexity index is 302. The predicted molar refractivity (Wildman–Crippen MR) is 51.2 cm³/mol. The number of rotatable bonds is 2. The van der Waals surface area contributed by atoms with Crippen LogP contribution in [0.5, 0.6) is 0 Å². The van der Waals surface area contributed by atoms with Crippen LogP contribution in [-0.4, -0.2) is 0 Å². The minimum atomic E-state index is -2.78. The second-order valence-electron chi connectivity index (χ2n) is 2.87. The lowest BCUT2D eigenvalue weighted by molar-refractivity contribution is 0.146. The Morgan fingerprint density at radius 3 is 2.21 bits per heavy atom. The summed E-state index contributed by atoms with van der Waals surface area (Å²) < 4.78 is 37.1. The average molecular weight is 226 g/mol. The summed E-state index contributed by atoms with van der Waals surface area (Å²) in [6.07, 6.45) is -2.78. The van der Waals surface area contributed by atoms with Crippen molar-refractivity contribution >= 4 is 12.4 Å². The second kappa shape index (κ2) is 5.22. The number of halogens is 4. The third kappa shape index (κ3) is 2.89. The molecule has 0 radical (unpaired) electrons. The summed E-state index contributed by atoms with van der Waals surface area (Å²) in [5, 5.41) is 0. The van der Waals surface area contributed by atoms with Gasteiger partial charge in [0.2, 0.25) is 0 Å². The smallest absolute Gasteiger partial charge is 0.266 e. The first-order valence-electron chi connectivity index (χ1n) is 3.85. The van der Waals surface area contributed by atoms with E-state index in [1.54, 1.807) is 6.92 Å². The van der Waals surface area contributed by atoms with E-state index >= 15 is 0 Å². The molecule has 0 aromatic heterocycles. The van der Waals surface area contributed by atoms with Crippen molar-refractivity contribution in [2.24, 2.45) is 5.73 Å². The van der Waals surface area contributed by atoms with E-state index in [-0.39, 0.29) is 18.4 Å². The van der Waals surface area contributed by atoms with Crippen LogP contribution in [0.3, 0.4) is 0 Å². The zero-order valence-electron chi connectivity index (χ0n) is 7.51. The molecule has 1 rings (SSSR count). The highest BCUT2D eigenvalue weighted by molar-refractivity contribution is 5.85. The molecule has 14 heavy (non-hydrogen) atoms. The van der Waals surface area contributed by atoms with Gasteiger partial charge in [-0.15, -0.1) is 12.4 Å². The number of hydrogen-bond acceptors (Lipinski definition) is 1. The van der Waals surface area contributed by atoms with Crippen molar-refractivity contribution in [1.29, 1.82) is 0 Å². The van der Waals surface area contributed by atoms with Gasteiger partial charge in [-0.05, 0) is 18.6 Å². The summed E-state index contributed by atoms with van der Waals surface area (Å²) in [5.74, 6) is -0.898.